The number of nitrogens with one attached hydrogen (secondary N) is 2. The minimum Gasteiger partial charge on any atom is -0.325 e. The number of benzene rings is 1. The average molecular weight is 365 g/mol. The monoisotopic (exact) mass is 364 g/mol. The molecule has 1 aliphatic heterocycles. The average Bonchev–Trinajstić information content (AvgIpc) is 2.68. The second-order valence-corrected chi connectivity index (χ2v) is 5.85. The van der Waals surface area contributed by atoms with Crippen molar-refractivity contribution in [2.24, 2.45) is 5.92 Å². The van der Waals surface area contributed by atoms with E-state index in [1.807, 2.05) is 19.1 Å². The molecule has 0 radical (unpaired) electrons. The smallest absolute Gasteiger partial charge is 0.229 e. The summed E-state index contributed by atoms with van der Waals surface area (Å²) in [7, 11) is 0. The molecule has 92 valence electrons. The molecule has 0 saturated carbocycles. The maximum Gasteiger partial charge on any atom is 0.229 e. The van der Waals surface area contributed by atoms with E-state index in [2.05, 4.69) is 33.2 Å². The number of anilines is 1. The minimum absolute atomic E-state index is 0.0569. The summed E-state index contributed by atoms with van der Waals surface area (Å²) in [5.74, 6) is 0.143. The second kappa shape index (κ2) is 5.54. The Hall–Kier alpha value is -0.330. The lowest BCUT2D eigenvalue weighted by Crippen LogP contribution is -2.32. The highest BCUT2D eigenvalue weighted by Gasteiger charge is 2.29. The van der Waals surface area contributed by atoms with E-state index in [4.69, 9.17) is 11.6 Å². The molecule has 1 fully saturated rings. The summed E-state index contributed by atoms with van der Waals surface area (Å²) < 4.78 is 0.960. The van der Waals surface area contributed by atoms with E-state index in [1.165, 1.54) is 0 Å². The standard InChI is InChI=1S/C12H14ClIN2O/c1-7-9(4-5-15-7)12(17)16-11-3-2-8(13)6-10(11)14/h2-3,6-7,9,15H,4-5H2,1H3,(H,16,17). The van der Waals surface area contributed by atoms with Gasteiger partial charge in [-0.15, -0.1) is 0 Å². The molecule has 1 saturated heterocycles. The molecular formula is C12H14ClIN2O. The van der Waals surface area contributed by atoms with Crippen molar-refractivity contribution in [1.82, 2.24) is 5.32 Å². The fraction of sp³-hybridized carbons (Fsp3) is 0.417. The number of rotatable bonds is 2. The first-order valence-corrected chi connectivity index (χ1v) is 7.03. The summed E-state index contributed by atoms with van der Waals surface area (Å²) in [6.45, 7) is 2.96. The molecule has 2 unspecified atom stereocenters. The third-order valence-corrected chi connectivity index (χ3v) is 4.18. The van der Waals surface area contributed by atoms with Crippen molar-refractivity contribution < 1.29 is 4.79 Å². The molecule has 1 heterocycles. The molecule has 0 aliphatic carbocycles. The summed E-state index contributed by atoms with van der Waals surface area (Å²) in [6.07, 6.45) is 0.900. The fourth-order valence-corrected chi connectivity index (χ4v) is 3.04. The molecule has 2 rings (SSSR count). The van der Waals surface area contributed by atoms with Gasteiger partial charge in [0.1, 0.15) is 0 Å². The zero-order valence-corrected chi connectivity index (χ0v) is 12.4. The number of carbonyl (C=O) groups is 1. The molecule has 5 heteroatoms. The summed E-state index contributed by atoms with van der Waals surface area (Å²) in [6, 6.07) is 5.72. The van der Waals surface area contributed by atoms with E-state index >= 15 is 0 Å². The van der Waals surface area contributed by atoms with Crippen LogP contribution in [0.4, 0.5) is 5.69 Å². The number of hydrogen-bond acceptors (Lipinski definition) is 2. The quantitative estimate of drug-likeness (QED) is 0.792. The van der Waals surface area contributed by atoms with Crippen LogP contribution in [0.15, 0.2) is 18.2 Å². The van der Waals surface area contributed by atoms with Gasteiger partial charge in [-0.2, -0.15) is 0 Å². The van der Waals surface area contributed by atoms with Crippen molar-refractivity contribution in [3.8, 4) is 0 Å². The van der Waals surface area contributed by atoms with E-state index in [1.54, 1.807) is 6.07 Å². The maximum absolute atomic E-state index is 12.1. The number of amides is 1. The third kappa shape index (κ3) is 3.11. The van der Waals surface area contributed by atoms with Gasteiger partial charge in [0.15, 0.2) is 0 Å². The molecular weight excluding hydrogens is 351 g/mol. The Balaban J connectivity index is 2.07. The second-order valence-electron chi connectivity index (χ2n) is 4.25. The van der Waals surface area contributed by atoms with Gasteiger partial charge in [0.2, 0.25) is 5.91 Å². The zero-order chi connectivity index (χ0) is 12.4. The van der Waals surface area contributed by atoms with Crippen molar-refractivity contribution in [2.75, 3.05) is 11.9 Å². The SMILES string of the molecule is CC1NCCC1C(=O)Nc1ccc(Cl)cc1I. The van der Waals surface area contributed by atoms with Gasteiger partial charge in [0.05, 0.1) is 11.6 Å². The van der Waals surface area contributed by atoms with Crippen molar-refractivity contribution in [3.05, 3.63) is 26.8 Å². The molecule has 0 bridgehead atoms. The Morgan fingerprint density at radius 3 is 2.94 bits per heavy atom. The van der Waals surface area contributed by atoms with Gasteiger partial charge in [0.25, 0.3) is 0 Å². The van der Waals surface area contributed by atoms with Crippen LogP contribution in [-0.2, 0) is 4.79 Å². The molecule has 0 spiro atoms. The highest BCUT2D eigenvalue weighted by atomic mass is 127. The van der Waals surface area contributed by atoms with Gasteiger partial charge >= 0.3 is 0 Å². The van der Waals surface area contributed by atoms with Crippen molar-refractivity contribution >= 4 is 45.8 Å². The molecule has 2 atom stereocenters. The summed E-state index contributed by atoms with van der Waals surface area (Å²) in [5.41, 5.74) is 0.833. The first kappa shape index (κ1) is 13.1. The van der Waals surface area contributed by atoms with E-state index in [0.717, 1.165) is 22.2 Å². The highest BCUT2D eigenvalue weighted by molar-refractivity contribution is 14.1. The Morgan fingerprint density at radius 2 is 2.35 bits per heavy atom. The van der Waals surface area contributed by atoms with Gasteiger partial charge in [-0.1, -0.05) is 11.6 Å². The highest BCUT2D eigenvalue weighted by Crippen LogP contribution is 2.24. The number of hydrogen-bond donors (Lipinski definition) is 2. The lowest BCUT2D eigenvalue weighted by atomic mass is 10.0. The van der Waals surface area contributed by atoms with Gasteiger partial charge in [-0.3, -0.25) is 4.79 Å². The first-order chi connectivity index (χ1) is 8.08. The minimum atomic E-state index is 0.0569. The summed E-state index contributed by atoms with van der Waals surface area (Å²) >= 11 is 8.05. The topological polar surface area (TPSA) is 41.1 Å². The number of halogens is 2. The van der Waals surface area contributed by atoms with Gasteiger partial charge < -0.3 is 10.6 Å². The maximum atomic E-state index is 12.1. The van der Waals surface area contributed by atoms with E-state index in [9.17, 15) is 4.79 Å². The van der Waals surface area contributed by atoms with Crippen molar-refractivity contribution in [1.29, 1.82) is 0 Å². The van der Waals surface area contributed by atoms with Gasteiger partial charge in [-0.05, 0) is 60.7 Å². The summed E-state index contributed by atoms with van der Waals surface area (Å²) in [5, 5.41) is 6.92. The van der Waals surface area contributed by atoms with Crippen LogP contribution in [0.5, 0.6) is 0 Å². The van der Waals surface area contributed by atoms with Crippen LogP contribution in [0, 0.1) is 9.49 Å². The Labute approximate surface area is 119 Å². The predicted molar refractivity (Wildman–Crippen MR) is 78.4 cm³/mol. The summed E-state index contributed by atoms with van der Waals surface area (Å²) in [4.78, 5) is 12.1. The normalized spacial score (nSPS) is 23.7. The molecule has 1 amide bonds. The Morgan fingerprint density at radius 1 is 1.59 bits per heavy atom. The largest absolute Gasteiger partial charge is 0.325 e. The van der Waals surface area contributed by atoms with Crippen LogP contribution in [0.1, 0.15) is 13.3 Å². The third-order valence-electron chi connectivity index (χ3n) is 3.05. The van der Waals surface area contributed by atoms with Gasteiger partial charge in [-0.25, -0.2) is 0 Å². The van der Waals surface area contributed by atoms with Crippen LogP contribution in [-0.4, -0.2) is 18.5 Å². The molecule has 17 heavy (non-hydrogen) atoms. The lowest BCUT2D eigenvalue weighted by Gasteiger charge is -2.15. The fourth-order valence-electron chi connectivity index (χ4n) is 2.03. The van der Waals surface area contributed by atoms with E-state index in [-0.39, 0.29) is 17.9 Å². The van der Waals surface area contributed by atoms with E-state index in [0.29, 0.717) is 5.02 Å². The zero-order valence-electron chi connectivity index (χ0n) is 9.47. The van der Waals surface area contributed by atoms with Crippen LogP contribution in [0.25, 0.3) is 0 Å². The molecule has 3 nitrogen and oxygen atoms in total. The Bertz CT molecular complexity index is 439. The van der Waals surface area contributed by atoms with Crippen LogP contribution >= 0.6 is 34.2 Å². The number of carbonyl (C=O) groups excluding carboxylic acids is 1. The van der Waals surface area contributed by atoms with E-state index < -0.39 is 0 Å². The molecule has 1 aromatic rings. The lowest BCUT2D eigenvalue weighted by molar-refractivity contribution is -0.120. The first-order valence-electron chi connectivity index (χ1n) is 5.57. The van der Waals surface area contributed by atoms with Crippen LogP contribution in [0.2, 0.25) is 5.02 Å². The molecule has 0 aromatic heterocycles. The van der Waals surface area contributed by atoms with Crippen molar-refractivity contribution in [3.63, 3.8) is 0 Å². The predicted octanol–water partition coefficient (Wildman–Crippen LogP) is 2.88. The van der Waals surface area contributed by atoms with Crippen LogP contribution < -0.4 is 10.6 Å². The van der Waals surface area contributed by atoms with Crippen molar-refractivity contribution in [2.45, 2.75) is 19.4 Å². The van der Waals surface area contributed by atoms with Crippen LogP contribution in [0.3, 0.4) is 0 Å². The van der Waals surface area contributed by atoms with Gasteiger partial charge in [0, 0.05) is 14.6 Å². The molecule has 2 N–H and O–H groups in total. The molecule has 1 aromatic carbocycles. The Kier molecular flexibility index (Phi) is 4.27. The molecule has 1 aliphatic rings.